The van der Waals surface area contributed by atoms with Crippen LogP contribution in [-0.2, 0) is 14.0 Å². The lowest BCUT2D eigenvalue weighted by molar-refractivity contribution is -0.134. The monoisotopic (exact) mass is 244 g/mol. The van der Waals surface area contributed by atoms with Crippen LogP contribution < -0.4 is 0 Å². The first-order chi connectivity index (χ1) is 7.10. The van der Waals surface area contributed by atoms with E-state index in [0.29, 0.717) is 6.61 Å². The number of hydrogen-bond acceptors (Lipinski definition) is 3. The first-order valence-corrected chi connectivity index (χ1v) is 8.40. The standard InChI is InChI=1S/C12H24O3Si/c1-10(8-11(13)14-5)9-15-16(6,7)12(2,3)4/h8H,9H2,1-7H3/b10-8-. The Morgan fingerprint density at radius 3 is 2.19 bits per heavy atom. The van der Waals surface area contributed by atoms with E-state index in [0.717, 1.165) is 5.57 Å². The van der Waals surface area contributed by atoms with Crippen molar-refractivity contribution in [3.05, 3.63) is 11.6 Å². The highest BCUT2D eigenvalue weighted by Gasteiger charge is 2.36. The minimum absolute atomic E-state index is 0.193. The fourth-order valence-electron chi connectivity index (χ4n) is 0.813. The minimum Gasteiger partial charge on any atom is -0.466 e. The van der Waals surface area contributed by atoms with Crippen molar-refractivity contribution in [1.82, 2.24) is 0 Å². The molecule has 0 spiro atoms. The minimum atomic E-state index is -1.72. The van der Waals surface area contributed by atoms with E-state index in [2.05, 4.69) is 38.6 Å². The summed E-state index contributed by atoms with van der Waals surface area (Å²) in [5, 5.41) is 0.193. The molecule has 16 heavy (non-hydrogen) atoms. The van der Waals surface area contributed by atoms with Crippen molar-refractivity contribution in [2.45, 2.75) is 45.8 Å². The second kappa shape index (κ2) is 5.64. The Morgan fingerprint density at radius 1 is 1.31 bits per heavy atom. The van der Waals surface area contributed by atoms with Crippen molar-refractivity contribution in [2.24, 2.45) is 0 Å². The molecule has 0 fully saturated rings. The molecule has 0 saturated carbocycles. The van der Waals surface area contributed by atoms with Gasteiger partial charge in [0.25, 0.3) is 0 Å². The summed E-state index contributed by atoms with van der Waals surface area (Å²) < 4.78 is 10.5. The molecule has 3 nitrogen and oxygen atoms in total. The highest BCUT2D eigenvalue weighted by Crippen LogP contribution is 2.36. The van der Waals surface area contributed by atoms with Gasteiger partial charge in [0.2, 0.25) is 0 Å². The SMILES string of the molecule is COC(=O)/C=C(/C)CO[Si](C)(C)C(C)(C)C. The number of carbonyl (C=O) groups excluding carboxylic acids is 1. The predicted octanol–water partition coefficient (Wildman–Crippen LogP) is 3.13. The van der Waals surface area contributed by atoms with E-state index >= 15 is 0 Å². The van der Waals surface area contributed by atoms with Crippen LogP contribution in [0.2, 0.25) is 18.1 Å². The molecule has 0 heterocycles. The van der Waals surface area contributed by atoms with Crippen LogP contribution in [0.4, 0.5) is 0 Å². The summed E-state index contributed by atoms with van der Waals surface area (Å²) in [7, 11) is -0.346. The third kappa shape index (κ3) is 4.94. The van der Waals surface area contributed by atoms with Crippen molar-refractivity contribution in [1.29, 1.82) is 0 Å². The number of ether oxygens (including phenoxy) is 1. The number of rotatable bonds is 4. The fraction of sp³-hybridized carbons (Fsp3) is 0.750. The largest absolute Gasteiger partial charge is 0.466 e. The van der Waals surface area contributed by atoms with E-state index in [1.807, 2.05) is 6.92 Å². The van der Waals surface area contributed by atoms with Crippen LogP contribution in [0.3, 0.4) is 0 Å². The number of esters is 1. The maximum absolute atomic E-state index is 11.0. The van der Waals surface area contributed by atoms with Crippen LogP contribution in [0.15, 0.2) is 11.6 Å². The maximum atomic E-state index is 11.0. The first kappa shape index (κ1) is 15.4. The van der Waals surface area contributed by atoms with Gasteiger partial charge in [-0.25, -0.2) is 4.79 Å². The lowest BCUT2D eigenvalue weighted by Gasteiger charge is -2.36. The molecule has 0 unspecified atom stereocenters. The second-order valence-corrected chi connectivity index (χ2v) is 10.4. The lowest BCUT2D eigenvalue weighted by Crippen LogP contribution is -2.41. The highest BCUT2D eigenvalue weighted by atomic mass is 28.4. The Bertz CT molecular complexity index is 274. The summed E-state index contributed by atoms with van der Waals surface area (Å²) in [6.45, 7) is 13.3. The molecule has 0 N–H and O–H groups in total. The maximum Gasteiger partial charge on any atom is 0.330 e. The van der Waals surface area contributed by atoms with E-state index in [1.54, 1.807) is 0 Å². The molecule has 0 amide bonds. The number of methoxy groups -OCH3 is 1. The zero-order valence-corrected chi connectivity index (χ0v) is 12.5. The average Bonchev–Trinajstić information content (AvgIpc) is 2.13. The average molecular weight is 244 g/mol. The van der Waals surface area contributed by atoms with Crippen LogP contribution >= 0.6 is 0 Å². The van der Waals surface area contributed by atoms with E-state index in [4.69, 9.17) is 4.43 Å². The Labute approximate surface area is 100.0 Å². The third-order valence-corrected chi connectivity index (χ3v) is 7.51. The van der Waals surface area contributed by atoms with Gasteiger partial charge in [0.15, 0.2) is 8.32 Å². The molecule has 0 aliphatic rings. The molecule has 94 valence electrons. The van der Waals surface area contributed by atoms with Crippen molar-refractivity contribution < 1.29 is 14.0 Å². The highest BCUT2D eigenvalue weighted by molar-refractivity contribution is 6.74. The Balaban J connectivity index is 4.36. The zero-order chi connectivity index (χ0) is 13.0. The molecule has 0 aliphatic carbocycles. The molecule has 0 radical (unpaired) electrons. The van der Waals surface area contributed by atoms with Crippen LogP contribution in [-0.4, -0.2) is 28.0 Å². The molecule has 0 bridgehead atoms. The predicted molar refractivity (Wildman–Crippen MR) is 68.9 cm³/mol. The van der Waals surface area contributed by atoms with Gasteiger partial charge < -0.3 is 9.16 Å². The Morgan fingerprint density at radius 2 is 1.81 bits per heavy atom. The van der Waals surface area contributed by atoms with E-state index in [1.165, 1.54) is 13.2 Å². The summed E-state index contributed by atoms with van der Waals surface area (Å²) >= 11 is 0. The van der Waals surface area contributed by atoms with Gasteiger partial charge in [-0.3, -0.25) is 0 Å². The molecule has 0 aliphatic heterocycles. The molecule has 0 aromatic carbocycles. The Hall–Kier alpha value is -0.613. The van der Waals surface area contributed by atoms with Crippen molar-refractivity contribution in [3.8, 4) is 0 Å². The van der Waals surface area contributed by atoms with Gasteiger partial charge in [0.1, 0.15) is 0 Å². The van der Waals surface area contributed by atoms with E-state index in [-0.39, 0.29) is 11.0 Å². The summed E-state index contributed by atoms with van der Waals surface area (Å²) in [5.74, 6) is -0.323. The Kier molecular flexibility index (Phi) is 5.42. The van der Waals surface area contributed by atoms with Gasteiger partial charge in [0, 0.05) is 6.08 Å². The van der Waals surface area contributed by atoms with Gasteiger partial charge in [-0.15, -0.1) is 0 Å². The molecular weight excluding hydrogens is 220 g/mol. The fourth-order valence-corrected chi connectivity index (χ4v) is 1.83. The molecular formula is C12H24O3Si. The third-order valence-electron chi connectivity index (χ3n) is 3.03. The molecule has 4 heteroatoms. The van der Waals surface area contributed by atoms with Crippen LogP contribution in [0.1, 0.15) is 27.7 Å². The topological polar surface area (TPSA) is 35.5 Å². The summed E-state index contributed by atoms with van der Waals surface area (Å²) in [6, 6.07) is 0. The molecule has 0 saturated heterocycles. The quantitative estimate of drug-likeness (QED) is 0.433. The number of hydrogen-bond donors (Lipinski definition) is 0. The van der Waals surface area contributed by atoms with Crippen LogP contribution in [0.25, 0.3) is 0 Å². The zero-order valence-electron chi connectivity index (χ0n) is 11.5. The van der Waals surface area contributed by atoms with Crippen LogP contribution in [0.5, 0.6) is 0 Å². The van der Waals surface area contributed by atoms with Crippen molar-refractivity contribution >= 4 is 14.3 Å². The normalized spacial score (nSPS) is 13.8. The number of carbonyl (C=O) groups is 1. The van der Waals surface area contributed by atoms with Gasteiger partial charge in [-0.2, -0.15) is 0 Å². The van der Waals surface area contributed by atoms with Gasteiger partial charge >= 0.3 is 5.97 Å². The molecule has 0 aromatic heterocycles. The summed E-state index contributed by atoms with van der Waals surface area (Å²) in [5.41, 5.74) is 0.900. The molecule has 0 atom stereocenters. The second-order valence-electron chi connectivity index (χ2n) is 5.56. The molecule has 0 aromatic rings. The van der Waals surface area contributed by atoms with E-state index < -0.39 is 8.32 Å². The first-order valence-electron chi connectivity index (χ1n) is 5.49. The van der Waals surface area contributed by atoms with Crippen molar-refractivity contribution in [3.63, 3.8) is 0 Å². The molecule has 0 rings (SSSR count). The lowest BCUT2D eigenvalue weighted by atomic mass is 10.2. The van der Waals surface area contributed by atoms with E-state index in [9.17, 15) is 4.79 Å². The van der Waals surface area contributed by atoms with Crippen molar-refractivity contribution in [2.75, 3.05) is 13.7 Å². The van der Waals surface area contributed by atoms with Gasteiger partial charge in [-0.05, 0) is 30.6 Å². The summed E-state index contributed by atoms with van der Waals surface area (Å²) in [6.07, 6.45) is 1.48. The van der Waals surface area contributed by atoms with Crippen LogP contribution in [0, 0.1) is 0 Å². The smallest absolute Gasteiger partial charge is 0.330 e. The van der Waals surface area contributed by atoms with Gasteiger partial charge in [0.05, 0.1) is 13.7 Å². The van der Waals surface area contributed by atoms with Gasteiger partial charge in [-0.1, -0.05) is 20.8 Å². The summed E-state index contributed by atoms with van der Waals surface area (Å²) in [4.78, 5) is 11.0.